The molecule has 1 atom stereocenters. The van der Waals surface area contributed by atoms with Gasteiger partial charge in [0, 0.05) is 12.6 Å². The van der Waals surface area contributed by atoms with Gasteiger partial charge in [0.25, 0.3) is 0 Å². The standard InChI is InChI=1S/C16H33N/c1-5-9-15(6-2)17-13-16(12-14(3)4)10-7-8-11-16/h14-15,17H,5-13H2,1-4H3. The Labute approximate surface area is 109 Å². The van der Waals surface area contributed by atoms with Gasteiger partial charge in [-0.2, -0.15) is 0 Å². The van der Waals surface area contributed by atoms with E-state index in [4.69, 9.17) is 0 Å². The molecule has 1 nitrogen and oxygen atoms in total. The zero-order valence-electron chi connectivity index (χ0n) is 12.5. The second kappa shape index (κ2) is 7.41. The highest BCUT2D eigenvalue weighted by atomic mass is 14.9. The van der Waals surface area contributed by atoms with E-state index in [2.05, 4.69) is 33.0 Å². The van der Waals surface area contributed by atoms with E-state index < -0.39 is 0 Å². The van der Waals surface area contributed by atoms with Crippen molar-refractivity contribution in [3.8, 4) is 0 Å². The van der Waals surface area contributed by atoms with Crippen LogP contribution < -0.4 is 5.32 Å². The molecule has 1 aliphatic rings. The zero-order valence-corrected chi connectivity index (χ0v) is 12.5. The van der Waals surface area contributed by atoms with Gasteiger partial charge in [0.05, 0.1) is 0 Å². The molecule has 0 spiro atoms. The van der Waals surface area contributed by atoms with Crippen LogP contribution in [0.15, 0.2) is 0 Å². The van der Waals surface area contributed by atoms with E-state index in [0.29, 0.717) is 5.41 Å². The summed E-state index contributed by atoms with van der Waals surface area (Å²) in [6.07, 6.45) is 11.2. The van der Waals surface area contributed by atoms with Gasteiger partial charge < -0.3 is 5.32 Å². The summed E-state index contributed by atoms with van der Waals surface area (Å²) in [7, 11) is 0. The van der Waals surface area contributed by atoms with Gasteiger partial charge >= 0.3 is 0 Å². The molecule has 1 saturated carbocycles. The van der Waals surface area contributed by atoms with E-state index in [1.807, 2.05) is 0 Å². The Morgan fingerprint density at radius 3 is 2.24 bits per heavy atom. The summed E-state index contributed by atoms with van der Waals surface area (Å²) in [5, 5.41) is 3.86. The number of hydrogen-bond acceptors (Lipinski definition) is 1. The Morgan fingerprint density at radius 2 is 1.76 bits per heavy atom. The number of hydrogen-bond donors (Lipinski definition) is 1. The fourth-order valence-corrected chi connectivity index (χ4v) is 3.60. The Kier molecular flexibility index (Phi) is 6.54. The maximum absolute atomic E-state index is 3.86. The van der Waals surface area contributed by atoms with Gasteiger partial charge in [-0.25, -0.2) is 0 Å². The molecule has 0 saturated heterocycles. The van der Waals surface area contributed by atoms with Crippen molar-refractivity contribution < 1.29 is 0 Å². The first-order chi connectivity index (χ1) is 8.12. The van der Waals surface area contributed by atoms with Crippen molar-refractivity contribution in [2.24, 2.45) is 11.3 Å². The van der Waals surface area contributed by atoms with E-state index in [9.17, 15) is 0 Å². The van der Waals surface area contributed by atoms with Crippen LogP contribution in [0, 0.1) is 11.3 Å². The third-order valence-electron chi connectivity index (χ3n) is 4.40. The predicted octanol–water partition coefficient (Wildman–Crippen LogP) is 4.76. The van der Waals surface area contributed by atoms with Gasteiger partial charge in [0.15, 0.2) is 0 Å². The third-order valence-corrected chi connectivity index (χ3v) is 4.40. The summed E-state index contributed by atoms with van der Waals surface area (Å²) in [6.45, 7) is 10.6. The maximum atomic E-state index is 3.86. The summed E-state index contributed by atoms with van der Waals surface area (Å²) in [5.41, 5.74) is 0.634. The van der Waals surface area contributed by atoms with E-state index >= 15 is 0 Å². The molecule has 0 bridgehead atoms. The zero-order chi connectivity index (χ0) is 12.7. The van der Waals surface area contributed by atoms with Crippen LogP contribution in [0.5, 0.6) is 0 Å². The van der Waals surface area contributed by atoms with Crippen LogP contribution in [0.4, 0.5) is 0 Å². The van der Waals surface area contributed by atoms with E-state index in [-0.39, 0.29) is 0 Å². The minimum Gasteiger partial charge on any atom is -0.313 e. The first-order valence-corrected chi connectivity index (χ1v) is 7.85. The summed E-state index contributed by atoms with van der Waals surface area (Å²) in [5.74, 6) is 0.848. The SMILES string of the molecule is CCCC(CC)NCC1(CC(C)C)CCCC1. The second-order valence-corrected chi connectivity index (χ2v) is 6.58. The van der Waals surface area contributed by atoms with Gasteiger partial charge in [-0.15, -0.1) is 0 Å². The lowest BCUT2D eigenvalue weighted by Crippen LogP contribution is -2.39. The molecule has 0 heterocycles. The second-order valence-electron chi connectivity index (χ2n) is 6.58. The molecule has 1 aliphatic carbocycles. The molecule has 17 heavy (non-hydrogen) atoms. The Balaban J connectivity index is 2.43. The van der Waals surface area contributed by atoms with Crippen LogP contribution >= 0.6 is 0 Å². The molecule has 0 amide bonds. The molecule has 0 aromatic carbocycles. The Hall–Kier alpha value is -0.0400. The van der Waals surface area contributed by atoms with E-state index in [0.717, 1.165) is 12.0 Å². The fraction of sp³-hybridized carbons (Fsp3) is 1.00. The van der Waals surface area contributed by atoms with Crippen LogP contribution in [0.3, 0.4) is 0 Å². The molecule has 1 fully saturated rings. The average molecular weight is 239 g/mol. The average Bonchev–Trinajstić information content (AvgIpc) is 2.72. The fourth-order valence-electron chi connectivity index (χ4n) is 3.60. The molecular formula is C16H33N. The molecule has 1 unspecified atom stereocenters. The topological polar surface area (TPSA) is 12.0 Å². The molecule has 0 radical (unpaired) electrons. The lowest BCUT2D eigenvalue weighted by molar-refractivity contribution is 0.212. The van der Waals surface area contributed by atoms with Crippen LogP contribution in [0.2, 0.25) is 0 Å². The third kappa shape index (κ3) is 4.99. The van der Waals surface area contributed by atoms with Crippen molar-refractivity contribution in [1.82, 2.24) is 5.32 Å². The van der Waals surface area contributed by atoms with Crippen LogP contribution in [0.1, 0.15) is 79.1 Å². The van der Waals surface area contributed by atoms with E-state index in [1.165, 1.54) is 57.9 Å². The highest BCUT2D eigenvalue weighted by Gasteiger charge is 2.34. The van der Waals surface area contributed by atoms with Gasteiger partial charge in [-0.05, 0) is 43.4 Å². The highest BCUT2D eigenvalue weighted by Crippen LogP contribution is 2.42. The summed E-state index contributed by atoms with van der Waals surface area (Å²) in [6, 6.07) is 0.754. The largest absolute Gasteiger partial charge is 0.313 e. The lowest BCUT2D eigenvalue weighted by atomic mass is 9.78. The maximum Gasteiger partial charge on any atom is 0.00645 e. The molecule has 1 N–H and O–H groups in total. The van der Waals surface area contributed by atoms with Gasteiger partial charge in [-0.1, -0.05) is 47.0 Å². The predicted molar refractivity (Wildman–Crippen MR) is 77.3 cm³/mol. The number of rotatable bonds is 8. The van der Waals surface area contributed by atoms with Crippen LogP contribution in [-0.4, -0.2) is 12.6 Å². The molecule has 0 aromatic heterocycles. The minimum absolute atomic E-state index is 0.634. The number of nitrogens with one attached hydrogen (secondary N) is 1. The van der Waals surface area contributed by atoms with Gasteiger partial charge in [0.1, 0.15) is 0 Å². The van der Waals surface area contributed by atoms with E-state index in [1.54, 1.807) is 0 Å². The van der Waals surface area contributed by atoms with Crippen molar-refractivity contribution >= 4 is 0 Å². The van der Waals surface area contributed by atoms with Crippen LogP contribution in [0.25, 0.3) is 0 Å². The van der Waals surface area contributed by atoms with Crippen molar-refractivity contribution in [2.45, 2.75) is 85.1 Å². The minimum atomic E-state index is 0.634. The van der Waals surface area contributed by atoms with Gasteiger partial charge in [-0.3, -0.25) is 0 Å². The molecular weight excluding hydrogens is 206 g/mol. The highest BCUT2D eigenvalue weighted by molar-refractivity contribution is 4.88. The normalized spacial score (nSPS) is 21.0. The molecule has 1 rings (SSSR count). The quantitative estimate of drug-likeness (QED) is 0.644. The van der Waals surface area contributed by atoms with Crippen LogP contribution in [-0.2, 0) is 0 Å². The lowest BCUT2D eigenvalue weighted by Gasteiger charge is -2.33. The first kappa shape index (κ1) is 15.0. The Bertz CT molecular complexity index is 192. The molecule has 1 heteroatoms. The first-order valence-electron chi connectivity index (χ1n) is 7.85. The van der Waals surface area contributed by atoms with Crippen molar-refractivity contribution in [1.29, 1.82) is 0 Å². The smallest absolute Gasteiger partial charge is 0.00645 e. The monoisotopic (exact) mass is 239 g/mol. The molecule has 0 aliphatic heterocycles. The van der Waals surface area contributed by atoms with Crippen molar-refractivity contribution in [3.05, 3.63) is 0 Å². The van der Waals surface area contributed by atoms with Crippen molar-refractivity contribution in [2.75, 3.05) is 6.54 Å². The summed E-state index contributed by atoms with van der Waals surface area (Å²) in [4.78, 5) is 0. The summed E-state index contributed by atoms with van der Waals surface area (Å²) >= 11 is 0. The summed E-state index contributed by atoms with van der Waals surface area (Å²) < 4.78 is 0. The van der Waals surface area contributed by atoms with Gasteiger partial charge in [0.2, 0.25) is 0 Å². The molecule has 102 valence electrons. The van der Waals surface area contributed by atoms with Crippen molar-refractivity contribution in [3.63, 3.8) is 0 Å². The molecule has 0 aromatic rings. The Morgan fingerprint density at radius 1 is 1.12 bits per heavy atom.